The fraction of sp³-hybridized carbons (Fsp3) is 0.364. The Hall–Kier alpha value is -1.30. The standard InChI is InChI=1S/C11H14ClNO4/c1-17-11(16)7-2-6(3-8(13)4-7)10(15)9(14)5-12/h2-4,9-10,14-15H,5,13H2,1H3. The Morgan fingerprint density at radius 1 is 1.47 bits per heavy atom. The number of methoxy groups -OCH3 is 1. The van der Waals surface area contributed by atoms with E-state index in [2.05, 4.69) is 4.74 Å². The Labute approximate surface area is 104 Å². The number of carbonyl (C=O) groups excluding carboxylic acids is 1. The minimum absolute atomic E-state index is 0.122. The first-order valence-corrected chi connectivity index (χ1v) is 5.44. The molecule has 4 N–H and O–H groups in total. The molecule has 2 unspecified atom stereocenters. The molecular formula is C11H14ClNO4. The van der Waals surface area contributed by atoms with Gasteiger partial charge in [0.2, 0.25) is 0 Å². The number of aliphatic hydroxyl groups is 2. The molecule has 0 saturated carbocycles. The fourth-order valence-corrected chi connectivity index (χ4v) is 1.56. The van der Waals surface area contributed by atoms with E-state index >= 15 is 0 Å². The molecule has 1 aromatic rings. The van der Waals surface area contributed by atoms with E-state index in [1.165, 1.54) is 25.3 Å². The van der Waals surface area contributed by atoms with Gasteiger partial charge in [-0.1, -0.05) is 0 Å². The van der Waals surface area contributed by atoms with Crippen molar-refractivity contribution in [3.63, 3.8) is 0 Å². The highest BCUT2D eigenvalue weighted by atomic mass is 35.5. The summed E-state index contributed by atoms with van der Waals surface area (Å²) in [7, 11) is 1.25. The van der Waals surface area contributed by atoms with Crippen molar-refractivity contribution in [2.24, 2.45) is 0 Å². The minimum Gasteiger partial charge on any atom is -0.465 e. The van der Waals surface area contributed by atoms with Crippen LogP contribution in [0.5, 0.6) is 0 Å². The first-order chi connectivity index (χ1) is 7.99. The van der Waals surface area contributed by atoms with Crippen molar-refractivity contribution in [3.8, 4) is 0 Å². The van der Waals surface area contributed by atoms with E-state index in [9.17, 15) is 15.0 Å². The number of alkyl halides is 1. The predicted octanol–water partition coefficient (Wildman–Crippen LogP) is 0.689. The summed E-state index contributed by atoms with van der Waals surface area (Å²) in [6.45, 7) is 0. The lowest BCUT2D eigenvalue weighted by Gasteiger charge is -2.16. The van der Waals surface area contributed by atoms with Gasteiger partial charge >= 0.3 is 5.97 Å². The molecule has 2 atom stereocenters. The van der Waals surface area contributed by atoms with Crippen molar-refractivity contribution in [2.45, 2.75) is 12.2 Å². The minimum atomic E-state index is -1.19. The van der Waals surface area contributed by atoms with Crippen LogP contribution in [0.15, 0.2) is 18.2 Å². The van der Waals surface area contributed by atoms with Gasteiger partial charge in [0.25, 0.3) is 0 Å². The van der Waals surface area contributed by atoms with Gasteiger partial charge in [0.05, 0.1) is 24.7 Å². The van der Waals surface area contributed by atoms with E-state index in [1.54, 1.807) is 0 Å². The van der Waals surface area contributed by atoms with Crippen LogP contribution in [0.1, 0.15) is 22.0 Å². The molecule has 0 bridgehead atoms. The predicted molar refractivity (Wildman–Crippen MR) is 63.9 cm³/mol. The van der Waals surface area contributed by atoms with Crippen LogP contribution in [0, 0.1) is 0 Å². The lowest BCUT2D eigenvalue weighted by Crippen LogP contribution is -2.20. The third-order valence-corrected chi connectivity index (χ3v) is 2.58. The average molecular weight is 260 g/mol. The molecule has 0 saturated heterocycles. The van der Waals surface area contributed by atoms with Crippen LogP contribution in [0.3, 0.4) is 0 Å². The smallest absolute Gasteiger partial charge is 0.337 e. The summed E-state index contributed by atoms with van der Waals surface area (Å²) >= 11 is 5.43. The van der Waals surface area contributed by atoms with Crippen molar-refractivity contribution in [1.82, 2.24) is 0 Å². The molecule has 0 amide bonds. The monoisotopic (exact) mass is 259 g/mol. The van der Waals surface area contributed by atoms with Crippen LogP contribution in [0.4, 0.5) is 5.69 Å². The molecular weight excluding hydrogens is 246 g/mol. The molecule has 1 aromatic carbocycles. The van der Waals surface area contributed by atoms with Gasteiger partial charge in [-0.3, -0.25) is 0 Å². The molecule has 6 heteroatoms. The summed E-state index contributed by atoms with van der Waals surface area (Å²) in [6.07, 6.45) is -2.32. The number of halogens is 1. The summed E-state index contributed by atoms with van der Waals surface area (Å²) in [5.41, 5.74) is 6.42. The maximum Gasteiger partial charge on any atom is 0.337 e. The maximum atomic E-state index is 11.3. The van der Waals surface area contributed by atoms with Gasteiger partial charge in [0.15, 0.2) is 0 Å². The van der Waals surface area contributed by atoms with Gasteiger partial charge in [-0.05, 0) is 23.8 Å². The summed E-state index contributed by atoms with van der Waals surface area (Å²) in [6, 6.07) is 4.30. The van der Waals surface area contributed by atoms with Gasteiger partial charge in [-0.15, -0.1) is 11.6 Å². The van der Waals surface area contributed by atoms with Gasteiger partial charge in [-0.2, -0.15) is 0 Å². The zero-order chi connectivity index (χ0) is 13.0. The highest BCUT2D eigenvalue weighted by Crippen LogP contribution is 2.22. The number of hydrogen-bond acceptors (Lipinski definition) is 5. The van der Waals surface area contributed by atoms with E-state index in [0.29, 0.717) is 11.3 Å². The number of hydrogen-bond donors (Lipinski definition) is 3. The molecule has 17 heavy (non-hydrogen) atoms. The quantitative estimate of drug-likeness (QED) is 0.420. The highest BCUT2D eigenvalue weighted by Gasteiger charge is 2.19. The molecule has 0 aliphatic rings. The first-order valence-electron chi connectivity index (χ1n) is 4.90. The van der Waals surface area contributed by atoms with Gasteiger partial charge < -0.3 is 20.7 Å². The second-order valence-corrected chi connectivity index (χ2v) is 3.86. The Morgan fingerprint density at radius 3 is 2.65 bits per heavy atom. The number of esters is 1. The number of nitrogens with two attached hydrogens (primary N) is 1. The van der Waals surface area contributed by atoms with E-state index in [1.807, 2.05) is 0 Å². The Morgan fingerprint density at radius 2 is 2.12 bits per heavy atom. The van der Waals surface area contributed by atoms with Crippen LogP contribution in [0.2, 0.25) is 0 Å². The number of benzene rings is 1. The SMILES string of the molecule is COC(=O)c1cc(N)cc(C(O)C(O)CCl)c1. The number of anilines is 1. The van der Waals surface area contributed by atoms with E-state index < -0.39 is 18.2 Å². The maximum absolute atomic E-state index is 11.3. The molecule has 0 radical (unpaired) electrons. The van der Waals surface area contributed by atoms with Crippen LogP contribution in [-0.2, 0) is 4.74 Å². The third kappa shape index (κ3) is 3.33. The topological polar surface area (TPSA) is 92.8 Å². The molecule has 0 heterocycles. The Kier molecular flexibility index (Phi) is 4.74. The van der Waals surface area contributed by atoms with E-state index in [4.69, 9.17) is 17.3 Å². The largest absolute Gasteiger partial charge is 0.465 e. The van der Waals surface area contributed by atoms with Crippen LogP contribution in [0.25, 0.3) is 0 Å². The second kappa shape index (κ2) is 5.86. The number of rotatable bonds is 4. The normalized spacial score (nSPS) is 14.1. The van der Waals surface area contributed by atoms with Gasteiger partial charge in [0.1, 0.15) is 6.10 Å². The molecule has 0 aliphatic heterocycles. The number of ether oxygens (including phenoxy) is 1. The highest BCUT2D eigenvalue weighted by molar-refractivity contribution is 6.18. The average Bonchev–Trinajstić information content (AvgIpc) is 2.35. The van der Waals surface area contributed by atoms with Crippen LogP contribution >= 0.6 is 11.6 Å². The molecule has 94 valence electrons. The number of aliphatic hydroxyl groups excluding tert-OH is 2. The van der Waals surface area contributed by atoms with E-state index in [-0.39, 0.29) is 11.4 Å². The number of carbonyl (C=O) groups is 1. The lowest BCUT2D eigenvalue weighted by molar-refractivity contribution is 0.0326. The Balaban J connectivity index is 3.09. The summed E-state index contributed by atoms with van der Waals surface area (Å²) in [4.78, 5) is 11.3. The lowest BCUT2D eigenvalue weighted by atomic mass is 10.0. The van der Waals surface area contributed by atoms with E-state index in [0.717, 1.165) is 0 Å². The van der Waals surface area contributed by atoms with Crippen LogP contribution < -0.4 is 5.73 Å². The van der Waals surface area contributed by atoms with Crippen molar-refractivity contribution >= 4 is 23.3 Å². The summed E-state index contributed by atoms with van der Waals surface area (Å²) < 4.78 is 4.55. The van der Waals surface area contributed by atoms with Crippen LogP contribution in [-0.4, -0.2) is 35.3 Å². The van der Waals surface area contributed by atoms with Crippen molar-refractivity contribution < 1.29 is 19.7 Å². The number of nitrogen functional groups attached to an aromatic ring is 1. The summed E-state index contributed by atoms with van der Waals surface area (Å²) in [5.74, 6) is -0.685. The Bertz CT molecular complexity index is 410. The van der Waals surface area contributed by atoms with Crippen molar-refractivity contribution in [2.75, 3.05) is 18.7 Å². The summed E-state index contributed by atoms with van der Waals surface area (Å²) in [5, 5.41) is 19.2. The fourth-order valence-electron chi connectivity index (χ4n) is 1.39. The molecule has 5 nitrogen and oxygen atoms in total. The molecule has 0 aliphatic carbocycles. The molecule has 0 spiro atoms. The molecule has 1 rings (SSSR count). The third-order valence-electron chi connectivity index (χ3n) is 2.26. The second-order valence-electron chi connectivity index (χ2n) is 3.55. The molecule has 0 fully saturated rings. The zero-order valence-corrected chi connectivity index (χ0v) is 10.0. The molecule has 0 aromatic heterocycles. The van der Waals surface area contributed by atoms with Gasteiger partial charge in [0, 0.05) is 5.69 Å². The van der Waals surface area contributed by atoms with Gasteiger partial charge in [-0.25, -0.2) is 4.79 Å². The van der Waals surface area contributed by atoms with Crippen molar-refractivity contribution in [1.29, 1.82) is 0 Å². The first kappa shape index (κ1) is 13.8. The van der Waals surface area contributed by atoms with Crippen molar-refractivity contribution in [3.05, 3.63) is 29.3 Å². The zero-order valence-electron chi connectivity index (χ0n) is 9.26.